The number of ether oxygens (including phenoxy) is 1. The molecular formula is C13H22N4OS. The van der Waals surface area contributed by atoms with E-state index >= 15 is 0 Å². The molecule has 1 aromatic rings. The van der Waals surface area contributed by atoms with Crippen molar-refractivity contribution in [2.45, 2.75) is 38.8 Å². The van der Waals surface area contributed by atoms with E-state index in [1.807, 2.05) is 23.9 Å². The Balaban J connectivity index is 1.51. The number of rotatable bonds is 6. The van der Waals surface area contributed by atoms with Crippen LogP contribution in [-0.4, -0.2) is 40.7 Å². The van der Waals surface area contributed by atoms with Gasteiger partial charge >= 0.3 is 0 Å². The van der Waals surface area contributed by atoms with Crippen molar-refractivity contribution in [3.05, 3.63) is 18.0 Å². The molecule has 0 aliphatic carbocycles. The molecule has 0 aromatic carbocycles. The van der Waals surface area contributed by atoms with E-state index in [0.29, 0.717) is 11.2 Å². The molecule has 2 rings (SSSR count). The van der Waals surface area contributed by atoms with Gasteiger partial charge in [0.05, 0.1) is 11.8 Å². The quantitative estimate of drug-likeness (QED) is 0.607. The summed E-state index contributed by atoms with van der Waals surface area (Å²) < 4.78 is 7.49. The van der Waals surface area contributed by atoms with Crippen LogP contribution in [0.25, 0.3) is 0 Å². The summed E-state index contributed by atoms with van der Waals surface area (Å²) in [5.41, 5.74) is 1.06. The topological polar surface area (TPSA) is 51.1 Å². The Morgan fingerprint density at radius 3 is 3.16 bits per heavy atom. The molecule has 2 N–H and O–H groups in total. The minimum Gasteiger partial charge on any atom is -0.376 e. The fraction of sp³-hybridized carbons (Fsp3) is 0.692. The summed E-state index contributed by atoms with van der Waals surface area (Å²) in [6.07, 6.45) is 5.63. The smallest absolute Gasteiger partial charge is 0.166 e. The van der Waals surface area contributed by atoms with Crippen LogP contribution in [0.2, 0.25) is 0 Å². The first-order chi connectivity index (χ1) is 9.24. The standard InChI is InChI=1S/C13H22N4OS/c1-11-5-8-17(16-11)7-3-6-14-13(19)15-10-12-4-2-9-18-12/h5,8,12H,2-4,6-7,9-10H2,1H3,(H2,14,15,19). The van der Waals surface area contributed by atoms with E-state index in [-0.39, 0.29) is 0 Å². The number of aromatic nitrogens is 2. The maximum absolute atomic E-state index is 5.53. The lowest BCUT2D eigenvalue weighted by Crippen LogP contribution is -2.39. The van der Waals surface area contributed by atoms with Gasteiger partial charge in [0.1, 0.15) is 0 Å². The fourth-order valence-corrected chi connectivity index (χ4v) is 2.29. The lowest BCUT2D eigenvalue weighted by atomic mass is 10.2. The van der Waals surface area contributed by atoms with Crippen molar-refractivity contribution in [3.8, 4) is 0 Å². The highest BCUT2D eigenvalue weighted by Crippen LogP contribution is 2.10. The second-order valence-electron chi connectivity index (χ2n) is 4.85. The number of nitrogens with one attached hydrogen (secondary N) is 2. The summed E-state index contributed by atoms with van der Waals surface area (Å²) in [6.45, 7) is 5.46. The summed E-state index contributed by atoms with van der Waals surface area (Å²) >= 11 is 5.22. The maximum Gasteiger partial charge on any atom is 0.166 e. The van der Waals surface area contributed by atoms with E-state index in [4.69, 9.17) is 17.0 Å². The highest BCUT2D eigenvalue weighted by atomic mass is 32.1. The third-order valence-electron chi connectivity index (χ3n) is 3.14. The molecule has 0 amide bonds. The molecule has 6 heteroatoms. The Kier molecular flexibility index (Phi) is 5.60. The monoisotopic (exact) mass is 282 g/mol. The van der Waals surface area contributed by atoms with E-state index in [1.54, 1.807) is 0 Å². The zero-order valence-corrected chi connectivity index (χ0v) is 12.2. The van der Waals surface area contributed by atoms with Gasteiger partial charge in [0.15, 0.2) is 5.11 Å². The summed E-state index contributed by atoms with van der Waals surface area (Å²) in [5, 5.41) is 11.5. The van der Waals surface area contributed by atoms with Crippen LogP contribution in [0, 0.1) is 6.92 Å². The van der Waals surface area contributed by atoms with Gasteiger partial charge in [-0.05, 0) is 44.5 Å². The molecule has 0 spiro atoms. The summed E-state index contributed by atoms with van der Waals surface area (Å²) in [6, 6.07) is 2.02. The van der Waals surface area contributed by atoms with Crippen molar-refractivity contribution in [1.29, 1.82) is 0 Å². The number of aryl methyl sites for hydroxylation is 2. The molecule has 1 unspecified atom stereocenters. The lowest BCUT2D eigenvalue weighted by molar-refractivity contribution is 0.114. The highest BCUT2D eigenvalue weighted by Gasteiger charge is 2.14. The van der Waals surface area contributed by atoms with E-state index in [0.717, 1.165) is 51.2 Å². The summed E-state index contributed by atoms with van der Waals surface area (Å²) in [4.78, 5) is 0. The second-order valence-corrected chi connectivity index (χ2v) is 5.25. The van der Waals surface area contributed by atoms with Gasteiger partial charge in [-0.15, -0.1) is 0 Å². The average Bonchev–Trinajstić information content (AvgIpc) is 3.04. The van der Waals surface area contributed by atoms with Crippen LogP contribution >= 0.6 is 12.2 Å². The minimum absolute atomic E-state index is 0.326. The molecule has 2 heterocycles. The van der Waals surface area contributed by atoms with E-state index < -0.39 is 0 Å². The molecule has 0 saturated carbocycles. The molecule has 1 aliphatic heterocycles. The average molecular weight is 282 g/mol. The predicted molar refractivity (Wildman–Crippen MR) is 79.2 cm³/mol. The molecule has 5 nitrogen and oxygen atoms in total. The molecule has 19 heavy (non-hydrogen) atoms. The Morgan fingerprint density at radius 1 is 1.58 bits per heavy atom. The Morgan fingerprint density at radius 2 is 2.47 bits per heavy atom. The third-order valence-corrected chi connectivity index (χ3v) is 3.43. The lowest BCUT2D eigenvalue weighted by Gasteiger charge is -2.13. The van der Waals surface area contributed by atoms with Crippen LogP contribution < -0.4 is 10.6 Å². The molecular weight excluding hydrogens is 260 g/mol. The first-order valence-electron chi connectivity index (χ1n) is 6.87. The molecule has 1 atom stereocenters. The van der Waals surface area contributed by atoms with Gasteiger partial charge in [-0.1, -0.05) is 0 Å². The van der Waals surface area contributed by atoms with Crippen molar-refractivity contribution in [3.63, 3.8) is 0 Å². The predicted octanol–water partition coefficient (Wildman–Crippen LogP) is 1.22. The van der Waals surface area contributed by atoms with Crippen LogP contribution in [0.3, 0.4) is 0 Å². The Hall–Kier alpha value is -1.14. The minimum atomic E-state index is 0.326. The molecule has 1 aliphatic rings. The molecule has 0 bridgehead atoms. The first-order valence-corrected chi connectivity index (χ1v) is 7.28. The van der Waals surface area contributed by atoms with E-state index in [9.17, 15) is 0 Å². The molecule has 106 valence electrons. The SMILES string of the molecule is Cc1ccn(CCCNC(=S)NCC2CCCO2)n1. The van der Waals surface area contributed by atoms with Crippen molar-refractivity contribution in [1.82, 2.24) is 20.4 Å². The van der Waals surface area contributed by atoms with Crippen LogP contribution in [0.5, 0.6) is 0 Å². The number of hydrogen-bond donors (Lipinski definition) is 2. The van der Waals surface area contributed by atoms with Crippen molar-refractivity contribution in [2.75, 3.05) is 19.7 Å². The largest absolute Gasteiger partial charge is 0.376 e. The van der Waals surface area contributed by atoms with Gasteiger partial charge in [0, 0.05) is 32.4 Å². The summed E-state index contributed by atoms with van der Waals surface area (Å²) in [5.74, 6) is 0. The fourth-order valence-electron chi connectivity index (χ4n) is 2.11. The second kappa shape index (κ2) is 7.45. The van der Waals surface area contributed by atoms with Crippen molar-refractivity contribution in [2.24, 2.45) is 0 Å². The van der Waals surface area contributed by atoms with Crippen molar-refractivity contribution >= 4 is 17.3 Å². The normalized spacial score (nSPS) is 18.5. The van der Waals surface area contributed by atoms with Crippen LogP contribution in [-0.2, 0) is 11.3 Å². The molecule has 0 radical (unpaired) electrons. The van der Waals surface area contributed by atoms with E-state index in [2.05, 4.69) is 15.7 Å². The van der Waals surface area contributed by atoms with Crippen LogP contribution in [0.15, 0.2) is 12.3 Å². The highest BCUT2D eigenvalue weighted by molar-refractivity contribution is 7.80. The molecule has 1 saturated heterocycles. The summed E-state index contributed by atoms with van der Waals surface area (Å²) in [7, 11) is 0. The van der Waals surface area contributed by atoms with Gasteiger partial charge in [-0.2, -0.15) is 5.10 Å². The Labute approximate surface area is 119 Å². The Bertz CT molecular complexity index is 401. The number of nitrogens with zero attached hydrogens (tertiary/aromatic N) is 2. The maximum atomic E-state index is 5.53. The zero-order valence-electron chi connectivity index (χ0n) is 11.4. The third kappa shape index (κ3) is 5.16. The van der Waals surface area contributed by atoms with Gasteiger partial charge in [0.2, 0.25) is 0 Å². The van der Waals surface area contributed by atoms with Gasteiger partial charge in [-0.25, -0.2) is 0 Å². The molecule has 1 aromatic heterocycles. The van der Waals surface area contributed by atoms with Gasteiger partial charge in [0.25, 0.3) is 0 Å². The first kappa shape index (κ1) is 14.3. The molecule has 1 fully saturated rings. The van der Waals surface area contributed by atoms with Crippen LogP contribution in [0.1, 0.15) is 25.0 Å². The van der Waals surface area contributed by atoms with Crippen LogP contribution in [0.4, 0.5) is 0 Å². The van der Waals surface area contributed by atoms with E-state index in [1.165, 1.54) is 0 Å². The van der Waals surface area contributed by atoms with Crippen molar-refractivity contribution < 1.29 is 4.74 Å². The van der Waals surface area contributed by atoms with Gasteiger partial charge in [-0.3, -0.25) is 4.68 Å². The number of thiocarbonyl (C=S) groups is 1. The number of hydrogen-bond acceptors (Lipinski definition) is 3. The van der Waals surface area contributed by atoms with Gasteiger partial charge < -0.3 is 15.4 Å². The zero-order chi connectivity index (χ0) is 13.5.